The number of aliphatic hydroxyl groups excluding tert-OH is 1. The fourth-order valence-electron chi connectivity index (χ4n) is 2.39. The highest BCUT2D eigenvalue weighted by atomic mass is 32.2. The molecule has 0 aromatic heterocycles. The van der Waals surface area contributed by atoms with Gasteiger partial charge in [0, 0.05) is 18.0 Å². The highest BCUT2D eigenvalue weighted by molar-refractivity contribution is 8.00. The Balaban J connectivity index is 1.81. The molecule has 1 saturated heterocycles. The minimum atomic E-state index is -0.271. The van der Waals surface area contributed by atoms with Gasteiger partial charge in [0.2, 0.25) is 5.91 Å². The van der Waals surface area contributed by atoms with Gasteiger partial charge in [-0.2, -0.15) is 0 Å². The van der Waals surface area contributed by atoms with Crippen molar-refractivity contribution < 1.29 is 14.6 Å². The van der Waals surface area contributed by atoms with Crippen LogP contribution in [-0.4, -0.2) is 47.5 Å². The molecule has 116 valence electrons. The first-order valence-electron chi connectivity index (χ1n) is 7.41. The Morgan fingerprint density at radius 3 is 2.76 bits per heavy atom. The van der Waals surface area contributed by atoms with Crippen molar-refractivity contribution in [3.05, 3.63) is 24.3 Å². The predicted octanol–water partition coefficient (Wildman–Crippen LogP) is 2.41. The molecule has 2 rings (SSSR count). The van der Waals surface area contributed by atoms with Gasteiger partial charge in [0.25, 0.3) is 0 Å². The van der Waals surface area contributed by atoms with Crippen LogP contribution < -0.4 is 4.74 Å². The van der Waals surface area contributed by atoms with E-state index >= 15 is 0 Å². The van der Waals surface area contributed by atoms with Gasteiger partial charge < -0.3 is 14.7 Å². The lowest BCUT2D eigenvalue weighted by molar-refractivity contribution is -0.131. The number of thioether (sulfide) groups is 1. The van der Waals surface area contributed by atoms with Crippen LogP contribution in [-0.2, 0) is 4.79 Å². The van der Waals surface area contributed by atoms with Gasteiger partial charge in [-0.05, 0) is 43.5 Å². The molecule has 0 bridgehead atoms. The Bertz CT molecular complexity index is 463. The predicted molar refractivity (Wildman–Crippen MR) is 84.7 cm³/mol. The van der Waals surface area contributed by atoms with Crippen molar-refractivity contribution in [3.8, 4) is 5.75 Å². The molecular formula is C16H23NO3S. The molecule has 2 atom stereocenters. The number of piperidine rings is 1. The van der Waals surface area contributed by atoms with E-state index in [9.17, 15) is 9.90 Å². The summed E-state index contributed by atoms with van der Waals surface area (Å²) in [4.78, 5) is 15.1. The van der Waals surface area contributed by atoms with Crippen LogP contribution in [0.15, 0.2) is 29.2 Å². The maximum Gasteiger partial charge on any atom is 0.232 e. The van der Waals surface area contributed by atoms with Crippen molar-refractivity contribution in [1.29, 1.82) is 0 Å². The van der Waals surface area contributed by atoms with Crippen LogP contribution in [0.3, 0.4) is 0 Å². The highest BCUT2D eigenvalue weighted by Crippen LogP contribution is 2.23. The maximum atomic E-state index is 12.2. The highest BCUT2D eigenvalue weighted by Gasteiger charge is 2.26. The summed E-state index contributed by atoms with van der Waals surface area (Å²) in [5.41, 5.74) is 0. The second-order valence-corrected chi connectivity index (χ2v) is 6.41. The first-order valence-corrected chi connectivity index (χ1v) is 8.40. The fraction of sp³-hybridized carbons (Fsp3) is 0.562. The molecule has 0 saturated carbocycles. The smallest absolute Gasteiger partial charge is 0.232 e. The number of hydrogen-bond acceptors (Lipinski definition) is 4. The van der Waals surface area contributed by atoms with Crippen LogP contribution in [0.4, 0.5) is 0 Å². The lowest BCUT2D eigenvalue weighted by Crippen LogP contribution is -2.45. The summed E-state index contributed by atoms with van der Waals surface area (Å²) < 4.78 is 5.40. The Kier molecular flexibility index (Phi) is 5.94. The maximum absolute atomic E-state index is 12.2. The van der Waals surface area contributed by atoms with E-state index in [1.807, 2.05) is 43.0 Å². The molecule has 1 aliphatic heterocycles. The zero-order chi connectivity index (χ0) is 15.2. The van der Waals surface area contributed by atoms with Crippen LogP contribution >= 0.6 is 11.8 Å². The number of hydrogen-bond donors (Lipinski definition) is 1. The monoisotopic (exact) mass is 309 g/mol. The average molecular weight is 309 g/mol. The third kappa shape index (κ3) is 4.64. The molecule has 2 unspecified atom stereocenters. The van der Waals surface area contributed by atoms with Gasteiger partial charge in [-0.15, -0.1) is 11.8 Å². The van der Waals surface area contributed by atoms with Gasteiger partial charge >= 0.3 is 0 Å². The third-order valence-electron chi connectivity index (χ3n) is 3.71. The van der Waals surface area contributed by atoms with E-state index in [0.717, 1.165) is 10.6 Å². The number of aliphatic hydroxyl groups is 1. The summed E-state index contributed by atoms with van der Waals surface area (Å²) in [6.07, 6.45) is 0.411. The Labute approximate surface area is 130 Å². The molecule has 1 aliphatic rings. The first-order chi connectivity index (χ1) is 10.1. The van der Waals surface area contributed by atoms with Gasteiger partial charge in [0.15, 0.2) is 0 Å². The zero-order valence-corrected chi connectivity index (χ0v) is 13.4. The second kappa shape index (κ2) is 7.71. The van der Waals surface area contributed by atoms with Crippen molar-refractivity contribution in [2.24, 2.45) is 5.92 Å². The molecule has 0 spiro atoms. The number of benzene rings is 1. The van der Waals surface area contributed by atoms with Crippen molar-refractivity contribution in [2.45, 2.75) is 31.3 Å². The van der Waals surface area contributed by atoms with E-state index < -0.39 is 0 Å². The number of carbonyl (C=O) groups excluding carboxylic acids is 1. The topological polar surface area (TPSA) is 49.8 Å². The molecule has 5 heteroatoms. The standard InChI is InChI=1S/C16H23NO3S/c1-3-20-13-4-6-14(7-5-13)21-11-16(19)17-9-8-15(18)12(2)10-17/h4-7,12,15,18H,3,8-11H2,1-2H3. The minimum absolute atomic E-state index is 0.146. The Morgan fingerprint density at radius 1 is 1.43 bits per heavy atom. The molecule has 0 radical (unpaired) electrons. The molecule has 1 fully saturated rings. The number of ether oxygens (including phenoxy) is 1. The van der Waals surface area contributed by atoms with Crippen molar-refractivity contribution in [3.63, 3.8) is 0 Å². The summed E-state index contributed by atoms with van der Waals surface area (Å²) in [6.45, 7) is 5.92. The van der Waals surface area contributed by atoms with Crippen LogP contribution in [0.2, 0.25) is 0 Å². The number of nitrogens with zero attached hydrogens (tertiary/aromatic N) is 1. The van der Waals surface area contributed by atoms with E-state index in [0.29, 0.717) is 31.9 Å². The molecule has 21 heavy (non-hydrogen) atoms. The van der Waals surface area contributed by atoms with Gasteiger partial charge in [0.05, 0.1) is 18.5 Å². The number of amides is 1. The first kappa shape index (κ1) is 16.2. The van der Waals surface area contributed by atoms with Gasteiger partial charge in [-0.1, -0.05) is 6.92 Å². The summed E-state index contributed by atoms with van der Waals surface area (Å²) in [5.74, 6) is 1.61. The van der Waals surface area contributed by atoms with Crippen molar-refractivity contribution in [1.82, 2.24) is 4.90 Å². The van der Waals surface area contributed by atoms with Crippen LogP contribution in [0, 0.1) is 5.92 Å². The summed E-state index contributed by atoms with van der Waals surface area (Å²) in [5, 5.41) is 9.70. The summed E-state index contributed by atoms with van der Waals surface area (Å²) in [6, 6.07) is 7.81. The molecule has 1 N–H and O–H groups in total. The van der Waals surface area contributed by atoms with E-state index in [1.54, 1.807) is 11.8 Å². The molecule has 1 amide bonds. The fourth-order valence-corrected chi connectivity index (χ4v) is 3.20. The average Bonchev–Trinajstić information content (AvgIpc) is 2.49. The molecule has 1 aromatic carbocycles. The molecule has 0 aliphatic carbocycles. The van der Waals surface area contributed by atoms with E-state index in [4.69, 9.17) is 4.74 Å². The van der Waals surface area contributed by atoms with Crippen molar-refractivity contribution >= 4 is 17.7 Å². The van der Waals surface area contributed by atoms with Crippen LogP contribution in [0.5, 0.6) is 5.75 Å². The Morgan fingerprint density at radius 2 is 2.14 bits per heavy atom. The SMILES string of the molecule is CCOc1ccc(SCC(=O)N2CCC(O)C(C)C2)cc1. The minimum Gasteiger partial charge on any atom is -0.494 e. The van der Waals surface area contributed by atoms with Gasteiger partial charge in [0.1, 0.15) is 5.75 Å². The number of likely N-dealkylation sites (tertiary alicyclic amines) is 1. The van der Waals surface area contributed by atoms with E-state index in [2.05, 4.69) is 0 Å². The number of rotatable bonds is 5. The van der Waals surface area contributed by atoms with Gasteiger partial charge in [-0.25, -0.2) is 0 Å². The lowest BCUT2D eigenvalue weighted by atomic mass is 9.97. The molecular weight excluding hydrogens is 286 g/mol. The van der Waals surface area contributed by atoms with Gasteiger partial charge in [-0.3, -0.25) is 4.79 Å². The second-order valence-electron chi connectivity index (χ2n) is 5.37. The number of carbonyl (C=O) groups is 1. The normalized spacial score (nSPS) is 22.1. The van der Waals surface area contributed by atoms with Crippen molar-refractivity contribution in [2.75, 3.05) is 25.4 Å². The molecule has 1 heterocycles. The molecule has 1 aromatic rings. The lowest BCUT2D eigenvalue weighted by Gasteiger charge is -2.34. The summed E-state index contributed by atoms with van der Waals surface area (Å²) >= 11 is 1.54. The van der Waals surface area contributed by atoms with E-state index in [-0.39, 0.29) is 17.9 Å². The van der Waals surface area contributed by atoms with Crippen LogP contribution in [0.1, 0.15) is 20.3 Å². The summed E-state index contributed by atoms with van der Waals surface area (Å²) in [7, 11) is 0. The zero-order valence-electron chi connectivity index (χ0n) is 12.6. The third-order valence-corrected chi connectivity index (χ3v) is 4.71. The molecule has 4 nitrogen and oxygen atoms in total. The largest absolute Gasteiger partial charge is 0.494 e. The van der Waals surface area contributed by atoms with Crippen LogP contribution in [0.25, 0.3) is 0 Å². The van der Waals surface area contributed by atoms with E-state index in [1.165, 1.54) is 0 Å². The quantitative estimate of drug-likeness (QED) is 0.849. The Hall–Kier alpha value is -1.20.